The van der Waals surface area contributed by atoms with Crippen molar-refractivity contribution in [3.8, 4) is 11.5 Å². The summed E-state index contributed by atoms with van der Waals surface area (Å²) in [4.78, 5) is 11.5. The van der Waals surface area contributed by atoms with Crippen molar-refractivity contribution in [2.24, 2.45) is 0 Å². The lowest BCUT2D eigenvalue weighted by Crippen LogP contribution is -2.03. The Morgan fingerprint density at radius 2 is 2.00 bits per heavy atom. The molecular formula is C20H24O5. The third-order valence-corrected chi connectivity index (χ3v) is 4.55. The maximum absolute atomic E-state index is 11.5. The Kier molecular flexibility index (Phi) is 4.86. The second-order valence-electron chi connectivity index (χ2n) is 6.88. The van der Waals surface area contributed by atoms with Gasteiger partial charge in [0, 0.05) is 11.5 Å². The number of epoxide rings is 1. The van der Waals surface area contributed by atoms with E-state index in [4.69, 9.17) is 18.6 Å². The van der Waals surface area contributed by atoms with Crippen molar-refractivity contribution in [3.05, 3.63) is 46.3 Å². The van der Waals surface area contributed by atoms with E-state index in [1.54, 1.807) is 6.07 Å². The molecule has 2 aromatic rings. The highest BCUT2D eigenvalue weighted by Gasteiger charge is 2.46. The molecule has 1 aromatic carbocycles. The predicted molar refractivity (Wildman–Crippen MR) is 96.5 cm³/mol. The Labute approximate surface area is 147 Å². The number of rotatable bonds is 7. The molecule has 0 spiro atoms. The summed E-state index contributed by atoms with van der Waals surface area (Å²) >= 11 is 0. The summed E-state index contributed by atoms with van der Waals surface area (Å²) in [6.07, 6.45) is 4.43. The van der Waals surface area contributed by atoms with Gasteiger partial charge in [-0.3, -0.25) is 0 Å². The lowest BCUT2D eigenvalue weighted by atomic mass is 10.0. The molecule has 1 atom stereocenters. The van der Waals surface area contributed by atoms with E-state index in [9.17, 15) is 4.79 Å². The third kappa shape index (κ3) is 4.04. The van der Waals surface area contributed by atoms with Crippen LogP contribution in [0.25, 0.3) is 11.0 Å². The van der Waals surface area contributed by atoms with Crippen LogP contribution in [0.1, 0.15) is 33.6 Å². The van der Waals surface area contributed by atoms with Crippen LogP contribution in [0.15, 0.2) is 45.1 Å². The van der Waals surface area contributed by atoms with Gasteiger partial charge in [0.15, 0.2) is 11.3 Å². The Bertz CT molecular complexity index is 847. The van der Waals surface area contributed by atoms with Crippen LogP contribution in [0.5, 0.6) is 11.5 Å². The molecule has 25 heavy (non-hydrogen) atoms. The molecule has 0 saturated carbocycles. The molecule has 0 bridgehead atoms. The van der Waals surface area contributed by atoms with Crippen molar-refractivity contribution >= 4 is 11.0 Å². The van der Waals surface area contributed by atoms with E-state index < -0.39 is 5.63 Å². The Morgan fingerprint density at radius 3 is 2.68 bits per heavy atom. The first-order chi connectivity index (χ1) is 11.9. The van der Waals surface area contributed by atoms with Crippen molar-refractivity contribution in [2.45, 2.75) is 45.3 Å². The molecule has 1 aromatic heterocycles. The fourth-order valence-corrected chi connectivity index (χ4v) is 2.87. The van der Waals surface area contributed by atoms with Crippen LogP contribution in [0.3, 0.4) is 0 Å². The minimum Gasteiger partial charge on any atom is -0.490 e. The molecule has 1 fully saturated rings. The minimum atomic E-state index is -0.413. The third-order valence-electron chi connectivity index (χ3n) is 4.55. The summed E-state index contributed by atoms with van der Waals surface area (Å²) in [6.45, 7) is 6.75. The molecule has 0 unspecified atom stereocenters. The fourth-order valence-electron chi connectivity index (χ4n) is 2.87. The Morgan fingerprint density at radius 1 is 1.28 bits per heavy atom. The maximum Gasteiger partial charge on any atom is 0.336 e. The maximum atomic E-state index is 11.5. The van der Waals surface area contributed by atoms with Crippen LogP contribution < -0.4 is 15.1 Å². The number of ether oxygens (including phenoxy) is 3. The van der Waals surface area contributed by atoms with Crippen LogP contribution in [0, 0.1) is 0 Å². The number of hydrogen-bond acceptors (Lipinski definition) is 5. The quantitative estimate of drug-likeness (QED) is 0.430. The fraction of sp³-hybridized carbons (Fsp3) is 0.450. The van der Waals surface area contributed by atoms with E-state index in [0.29, 0.717) is 29.8 Å². The average Bonchev–Trinajstić information content (AvgIpc) is 3.19. The number of benzene rings is 1. The standard InChI is InChI=1S/C20H24O5/c1-13(5-9-16-20(2,3)25-16)11-12-23-15-8-6-14-7-10-17(21)24-18(14)19(15)22-4/h6-8,10-11,16H,5,9,12H2,1-4H3/t16-/m1/s1. The van der Waals surface area contributed by atoms with E-state index >= 15 is 0 Å². The smallest absolute Gasteiger partial charge is 0.336 e. The largest absolute Gasteiger partial charge is 0.490 e. The van der Waals surface area contributed by atoms with Crippen LogP contribution >= 0.6 is 0 Å². The Balaban J connectivity index is 1.64. The topological polar surface area (TPSA) is 61.2 Å². The molecule has 0 radical (unpaired) electrons. The van der Waals surface area contributed by atoms with Gasteiger partial charge in [-0.2, -0.15) is 0 Å². The molecular weight excluding hydrogens is 320 g/mol. The minimum absolute atomic E-state index is 0.0408. The molecule has 1 saturated heterocycles. The first-order valence-electron chi connectivity index (χ1n) is 8.48. The van der Waals surface area contributed by atoms with Crippen molar-refractivity contribution in [1.82, 2.24) is 0 Å². The van der Waals surface area contributed by atoms with Crippen molar-refractivity contribution in [3.63, 3.8) is 0 Å². The molecule has 0 amide bonds. The lowest BCUT2D eigenvalue weighted by molar-refractivity contribution is 0.319. The molecule has 5 heteroatoms. The lowest BCUT2D eigenvalue weighted by Gasteiger charge is -2.11. The van der Waals surface area contributed by atoms with Gasteiger partial charge in [0.1, 0.15) is 6.61 Å². The van der Waals surface area contributed by atoms with Crippen LogP contribution in [0.4, 0.5) is 0 Å². The number of allylic oxidation sites excluding steroid dienone is 1. The summed E-state index contributed by atoms with van der Waals surface area (Å²) in [5, 5.41) is 0.794. The van der Waals surface area contributed by atoms with Gasteiger partial charge in [-0.05, 0) is 57.9 Å². The van der Waals surface area contributed by atoms with Crippen LogP contribution in [-0.2, 0) is 4.74 Å². The van der Waals surface area contributed by atoms with Gasteiger partial charge in [-0.15, -0.1) is 0 Å². The second kappa shape index (κ2) is 6.92. The first-order valence-corrected chi connectivity index (χ1v) is 8.48. The van der Waals surface area contributed by atoms with Crippen molar-refractivity contribution in [1.29, 1.82) is 0 Å². The summed E-state index contributed by atoms with van der Waals surface area (Å²) in [6, 6.07) is 6.77. The monoisotopic (exact) mass is 344 g/mol. The second-order valence-corrected chi connectivity index (χ2v) is 6.88. The average molecular weight is 344 g/mol. The van der Waals surface area contributed by atoms with Gasteiger partial charge in [0.25, 0.3) is 0 Å². The molecule has 1 aliphatic rings. The molecule has 0 aliphatic carbocycles. The van der Waals surface area contributed by atoms with Gasteiger partial charge in [0.2, 0.25) is 5.75 Å². The van der Waals surface area contributed by atoms with E-state index in [-0.39, 0.29) is 5.60 Å². The van der Waals surface area contributed by atoms with Crippen molar-refractivity contribution in [2.75, 3.05) is 13.7 Å². The molecule has 3 rings (SSSR count). The normalized spacial score (nSPS) is 19.0. The molecule has 5 nitrogen and oxygen atoms in total. The molecule has 2 heterocycles. The first kappa shape index (κ1) is 17.5. The van der Waals surface area contributed by atoms with Gasteiger partial charge in [-0.25, -0.2) is 4.79 Å². The van der Waals surface area contributed by atoms with Crippen molar-refractivity contribution < 1.29 is 18.6 Å². The van der Waals surface area contributed by atoms with Gasteiger partial charge in [-0.1, -0.05) is 5.57 Å². The zero-order valence-electron chi connectivity index (χ0n) is 15.1. The number of fused-ring (bicyclic) bond motifs is 1. The zero-order valence-corrected chi connectivity index (χ0v) is 15.1. The summed E-state index contributed by atoms with van der Waals surface area (Å²) in [5.41, 5.74) is 1.29. The van der Waals surface area contributed by atoms with Gasteiger partial charge in [0.05, 0.1) is 18.8 Å². The van der Waals surface area contributed by atoms with Crippen LogP contribution in [-0.4, -0.2) is 25.4 Å². The van der Waals surface area contributed by atoms with E-state index in [2.05, 4.69) is 26.8 Å². The number of hydrogen-bond donors (Lipinski definition) is 0. The zero-order chi connectivity index (χ0) is 18.0. The van der Waals surface area contributed by atoms with Crippen LogP contribution in [0.2, 0.25) is 0 Å². The summed E-state index contributed by atoms with van der Waals surface area (Å²) in [5.74, 6) is 0.995. The molecule has 0 N–H and O–H groups in total. The SMILES string of the molecule is COc1c(OCC=C(C)CC[C@H]2OC2(C)C)ccc2ccc(=O)oc12. The summed E-state index contributed by atoms with van der Waals surface area (Å²) in [7, 11) is 1.53. The highest BCUT2D eigenvalue weighted by molar-refractivity contribution is 5.85. The van der Waals surface area contributed by atoms with E-state index in [1.807, 2.05) is 12.1 Å². The number of methoxy groups -OCH3 is 1. The Hall–Kier alpha value is -2.27. The molecule has 134 valence electrons. The highest BCUT2D eigenvalue weighted by Crippen LogP contribution is 2.39. The van der Waals surface area contributed by atoms with Gasteiger partial charge < -0.3 is 18.6 Å². The van der Waals surface area contributed by atoms with E-state index in [0.717, 1.165) is 18.2 Å². The highest BCUT2D eigenvalue weighted by atomic mass is 16.6. The van der Waals surface area contributed by atoms with Gasteiger partial charge >= 0.3 is 5.63 Å². The molecule has 1 aliphatic heterocycles. The predicted octanol–water partition coefficient (Wildman–Crippen LogP) is 4.08. The van der Waals surface area contributed by atoms with E-state index in [1.165, 1.54) is 18.7 Å². The summed E-state index contributed by atoms with van der Waals surface area (Å²) < 4.78 is 22.1.